The number of nitrogen functional groups attached to an aromatic ring is 1. The molecule has 2 rings (SSSR count). The van der Waals surface area contributed by atoms with Gasteiger partial charge in [0, 0.05) is 12.6 Å². The van der Waals surface area contributed by atoms with E-state index in [-0.39, 0.29) is 0 Å². The van der Waals surface area contributed by atoms with Crippen molar-refractivity contribution in [1.82, 2.24) is 9.97 Å². The quantitative estimate of drug-likeness (QED) is 0.473. The summed E-state index contributed by atoms with van der Waals surface area (Å²) in [4.78, 5) is 8.02. The zero-order chi connectivity index (χ0) is 13.0. The number of hydrogen-bond acceptors (Lipinski definition) is 6. The highest BCUT2D eigenvalue weighted by atomic mass is 16.3. The standard InChI is InChI=1S/C12H21N5O/c1-9-2-4-12(18,5-3-9)7-14-10-6-11(17-13)16-8-15-10/h6,8-9,18H,2-5,7,13H2,1H3,(H2,14,15,16,17). The maximum absolute atomic E-state index is 10.4. The number of aromatic nitrogens is 2. The van der Waals surface area contributed by atoms with Crippen LogP contribution in [-0.4, -0.2) is 27.2 Å². The third-order valence-electron chi connectivity index (χ3n) is 3.62. The number of hydrazine groups is 1. The Balaban J connectivity index is 1.90. The number of hydrogen-bond donors (Lipinski definition) is 4. The molecule has 1 aromatic rings. The molecule has 0 aromatic carbocycles. The van der Waals surface area contributed by atoms with Gasteiger partial charge in [-0.05, 0) is 31.6 Å². The Labute approximate surface area is 107 Å². The van der Waals surface area contributed by atoms with Crippen LogP contribution in [0, 0.1) is 5.92 Å². The van der Waals surface area contributed by atoms with E-state index in [0.29, 0.717) is 18.2 Å². The summed E-state index contributed by atoms with van der Waals surface area (Å²) >= 11 is 0. The number of nitrogens with two attached hydrogens (primary N) is 1. The van der Waals surface area contributed by atoms with Gasteiger partial charge in [0.25, 0.3) is 0 Å². The summed E-state index contributed by atoms with van der Waals surface area (Å²) in [5.41, 5.74) is 1.85. The van der Waals surface area contributed by atoms with Crippen molar-refractivity contribution in [3.05, 3.63) is 12.4 Å². The SMILES string of the molecule is CC1CCC(O)(CNc2cc(NN)ncn2)CC1. The van der Waals surface area contributed by atoms with Crippen LogP contribution in [0.3, 0.4) is 0 Å². The third kappa shape index (κ3) is 3.30. The molecule has 0 unspecified atom stereocenters. The van der Waals surface area contributed by atoms with Gasteiger partial charge in [0.15, 0.2) is 0 Å². The van der Waals surface area contributed by atoms with Crippen LogP contribution in [-0.2, 0) is 0 Å². The first-order valence-electron chi connectivity index (χ1n) is 6.36. The number of rotatable bonds is 4. The molecule has 0 atom stereocenters. The van der Waals surface area contributed by atoms with Crippen molar-refractivity contribution in [2.24, 2.45) is 11.8 Å². The van der Waals surface area contributed by atoms with Gasteiger partial charge in [-0.25, -0.2) is 15.8 Å². The maximum atomic E-state index is 10.4. The second-order valence-electron chi connectivity index (χ2n) is 5.19. The fourth-order valence-electron chi connectivity index (χ4n) is 2.26. The van der Waals surface area contributed by atoms with E-state index in [1.54, 1.807) is 6.07 Å². The summed E-state index contributed by atoms with van der Waals surface area (Å²) < 4.78 is 0. The first kappa shape index (κ1) is 13.0. The smallest absolute Gasteiger partial charge is 0.145 e. The molecule has 100 valence electrons. The molecule has 1 heterocycles. The molecule has 5 N–H and O–H groups in total. The van der Waals surface area contributed by atoms with Gasteiger partial charge in [-0.2, -0.15) is 0 Å². The van der Waals surface area contributed by atoms with E-state index in [1.807, 2.05) is 0 Å². The van der Waals surface area contributed by atoms with Crippen LogP contribution in [0.4, 0.5) is 11.6 Å². The zero-order valence-electron chi connectivity index (χ0n) is 10.7. The number of nitrogens with one attached hydrogen (secondary N) is 2. The van der Waals surface area contributed by atoms with Crippen LogP contribution in [0.5, 0.6) is 0 Å². The zero-order valence-corrected chi connectivity index (χ0v) is 10.7. The van der Waals surface area contributed by atoms with Gasteiger partial charge in [0.05, 0.1) is 5.60 Å². The largest absolute Gasteiger partial charge is 0.388 e. The van der Waals surface area contributed by atoms with Gasteiger partial charge in [-0.1, -0.05) is 6.92 Å². The van der Waals surface area contributed by atoms with E-state index in [1.165, 1.54) is 6.33 Å². The highest BCUT2D eigenvalue weighted by molar-refractivity contribution is 5.45. The molecule has 0 amide bonds. The highest BCUT2D eigenvalue weighted by Crippen LogP contribution is 2.31. The Bertz CT molecular complexity index is 390. The summed E-state index contributed by atoms with van der Waals surface area (Å²) in [6, 6.07) is 1.72. The fourth-order valence-corrected chi connectivity index (χ4v) is 2.26. The van der Waals surface area contributed by atoms with Crippen molar-refractivity contribution < 1.29 is 5.11 Å². The summed E-state index contributed by atoms with van der Waals surface area (Å²) in [7, 11) is 0. The molecule has 1 aliphatic carbocycles. The predicted molar refractivity (Wildman–Crippen MR) is 70.9 cm³/mol. The van der Waals surface area contributed by atoms with E-state index in [4.69, 9.17) is 5.84 Å². The van der Waals surface area contributed by atoms with E-state index in [2.05, 4.69) is 27.6 Å². The maximum Gasteiger partial charge on any atom is 0.145 e. The third-order valence-corrected chi connectivity index (χ3v) is 3.62. The van der Waals surface area contributed by atoms with Gasteiger partial charge in [0.1, 0.15) is 18.0 Å². The van der Waals surface area contributed by atoms with Crippen molar-refractivity contribution in [2.75, 3.05) is 17.3 Å². The molecule has 0 radical (unpaired) electrons. The molecule has 18 heavy (non-hydrogen) atoms. The summed E-state index contributed by atoms with van der Waals surface area (Å²) in [6.45, 7) is 2.75. The molecule has 0 aliphatic heterocycles. The average Bonchev–Trinajstić information content (AvgIpc) is 2.41. The van der Waals surface area contributed by atoms with Crippen molar-refractivity contribution >= 4 is 11.6 Å². The molecule has 6 heteroatoms. The van der Waals surface area contributed by atoms with Crippen LogP contribution in [0.2, 0.25) is 0 Å². The monoisotopic (exact) mass is 251 g/mol. The predicted octanol–water partition coefficient (Wildman–Crippen LogP) is 1.12. The van der Waals surface area contributed by atoms with Crippen molar-refractivity contribution in [2.45, 2.75) is 38.2 Å². The second-order valence-corrected chi connectivity index (χ2v) is 5.19. The second kappa shape index (κ2) is 5.49. The minimum atomic E-state index is -0.617. The fraction of sp³-hybridized carbons (Fsp3) is 0.667. The van der Waals surface area contributed by atoms with Crippen molar-refractivity contribution in [3.8, 4) is 0 Å². The first-order chi connectivity index (χ1) is 8.61. The van der Waals surface area contributed by atoms with E-state index < -0.39 is 5.60 Å². The number of anilines is 2. The Morgan fingerprint density at radius 3 is 2.72 bits per heavy atom. The lowest BCUT2D eigenvalue weighted by atomic mass is 9.79. The Morgan fingerprint density at radius 2 is 2.06 bits per heavy atom. The van der Waals surface area contributed by atoms with E-state index in [0.717, 1.165) is 31.6 Å². The molecule has 0 bridgehead atoms. The van der Waals surface area contributed by atoms with Crippen LogP contribution in [0.1, 0.15) is 32.6 Å². The van der Waals surface area contributed by atoms with Crippen LogP contribution in [0.15, 0.2) is 12.4 Å². The molecule has 0 spiro atoms. The van der Waals surface area contributed by atoms with E-state index >= 15 is 0 Å². The molecule has 1 aromatic heterocycles. The Kier molecular flexibility index (Phi) is 3.98. The summed E-state index contributed by atoms with van der Waals surface area (Å²) in [5.74, 6) is 7.23. The van der Waals surface area contributed by atoms with Gasteiger partial charge in [0.2, 0.25) is 0 Å². The lowest BCUT2D eigenvalue weighted by Crippen LogP contribution is -2.40. The molecule has 6 nitrogen and oxygen atoms in total. The minimum absolute atomic E-state index is 0.515. The van der Waals surface area contributed by atoms with Crippen LogP contribution < -0.4 is 16.6 Å². The molecule has 0 saturated heterocycles. The highest BCUT2D eigenvalue weighted by Gasteiger charge is 2.31. The van der Waals surface area contributed by atoms with Crippen LogP contribution in [0.25, 0.3) is 0 Å². The lowest BCUT2D eigenvalue weighted by molar-refractivity contribution is 0.00494. The van der Waals surface area contributed by atoms with Crippen molar-refractivity contribution in [3.63, 3.8) is 0 Å². The molecule has 1 saturated carbocycles. The minimum Gasteiger partial charge on any atom is -0.388 e. The average molecular weight is 251 g/mol. The summed E-state index contributed by atoms with van der Waals surface area (Å²) in [6.07, 6.45) is 5.28. The van der Waals surface area contributed by atoms with E-state index in [9.17, 15) is 5.11 Å². The first-order valence-corrected chi connectivity index (χ1v) is 6.36. The van der Waals surface area contributed by atoms with Gasteiger partial charge < -0.3 is 15.8 Å². The van der Waals surface area contributed by atoms with Crippen molar-refractivity contribution in [1.29, 1.82) is 0 Å². The Morgan fingerprint density at radius 1 is 1.39 bits per heavy atom. The van der Waals surface area contributed by atoms with Crippen LogP contribution >= 0.6 is 0 Å². The molecular formula is C12H21N5O. The molecule has 1 fully saturated rings. The van der Waals surface area contributed by atoms with Gasteiger partial charge in [-0.15, -0.1) is 0 Å². The topological polar surface area (TPSA) is 96.1 Å². The molecule has 1 aliphatic rings. The summed E-state index contributed by atoms with van der Waals surface area (Å²) in [5, 5.41) is 13.6. The number of nitrogens with zero attached hydrogens (tertiary/aromatic N) is 2. The normalized spacial score (nSPS) is 27.8. The Hall–Kier alpha value is -1.40. The number of aliphatic hydroxyl groups is 1. The lowest BCUT2D eigenvalue weighted by Gasteiger charge is -2.35. The molecular weight excluding hydrogens is 230 g/mol. The van der Waals surface area contributed by atoms with Gasteiger partial charge in [-0.3, -0.25) is 0 Å². The van der Waals surface area contributed by atoms with Gasteiger partial charge >= 0.3 is 0 Å².